The van der Waals surface area contributed by atoms with Crippen LogP contribution in [0.2, 0.25) is 0 Å². The van der Waals surface area contributed by atoms with Crippen LogP contribution in [0.5, 0.6) is 0 Å². The number of carbonyl (C=O) groups is 2. The van der Waals surface area contributed by atoms with E-state index in [1.165, 1.54) is 7.11 Å². The van der Waals surface area contributed by atoms with Gasteiger partial charge in [0.1, 0.15) is 6.04 Å². The Morgan fingerprint density at radius 3 is 2.11 bits per heavy atom. The number of methoxy groups -OCH3 is 1. The Morgan fingerprint density at radius 2 is 1.59 bits per heavy atom. The molecule has 0 aromatic heterocycles. The Hall–Kier alpha value is -2.67. The van der Waals surface area contributed by atoms with Crippen LogP contribution in [0.1, 0.15) is 17.5 Å². The third kappa shape index (κ3) is 6.53. The summed E-state index contributed by atoms with van der Waals surface area (Å²) in [5, 5.41) is 9.59. The minimum Gasteiger partial charge on any atom is -0.467 e. The van der Waals surface area contributed by atoms with Gasteiger partial charge >= 0.3 is 12.1 Å². The second-order valence-corrected chi connectivity index (χ2v) is 7.57. The van der Waals surface area contributed by atoms with Gasteiger partial charge in [0, 0.05) is 28.9 Å². The van der Waals surface area contributed by atoms with Gasteiger partial charge in [-0.05, 0) is 17.5 Å². The van der Waals surface area contributed by atoms with E-state index in [1.807, 2.05) is 36.4 Å². The van der Waals surface area contributed by atoms with Gasteiger partial charge in [-0.15, -0.1) is 0 Å². The second kappa shape index (κ2) is 10.5. The number of esters is 1. The van der Waals surface area contributed by atoms with Gasteiger partial charge < -0.3 is 9.84 Å². The number of nitrogens with zero attached hydrogens (tertiary/aromatic N) is 1. The Morgan fingerprint density at radius 1 is 1.04 bits per heavy atom. The molecule has 2 atom stereocenters. The van der Waals surface area contributed by atoms with Crippen molar-refractivity contribution in [1.82, 2.24) is 4.90 Å². The van der Waals surface area contributed by atoms with Crippen molar-refractivity contribution >= 4 is 22.9 Å². The van der Waals surface area contributed by atoms with Crippen molar-refractivity contribution in [3.63, 3.8) is 0 Å². The van der Waals surface area contributed by atoms with E-state index < -0.39 is 28.9 Å². The molecule has 2 aromatic rings. The van der Waals surface area contributed by atoms with E-state index in [1.54, 1.807) is 24.3 Å². The number of carbonyl (C=O) groups excluding carboxylic acids is 1. The molecule has 0 fully saturated rings. The third-order valence-corrected chi connectivity index (χ3v) is 5.43. The van der Waals surface area contributed by atoms with E-state index >= 15 is 0 Å². The van der Waals surface area contributed by atoms with Crippen molar-refractivity contribution < 1.29 is 23.6 Å². The molecule has 0 aliphatic rings. The van der Waals surface area contributed by atoms with Gasteiger partial charge in [-0.25, -0.2) is 9.59 Å². The van der Waals surface area contributed by atoms with E-state index in [0.29, 0.717) is 5.75 Å². The quantitative estimate of drug-likeness (QED) is 0.667. The molecular weight excluding hydrogens is 366 g/mol. The highest BCUT2D eigenvalue weighted by molar-refractivity contribution is 7.84. The average Bonchev–Trinajstić information content (AvgIpc) is 2.68. The topological polar surface area (TPSA) is 83.9 Å². The average molecular weight is 389 g/mol. The molecule has 2 aromatic carbocycles. The molecule has 27 heavy (non-hydrogen) atoms. The SMILES string of the molecule is COC(=O)C(CC[S@](=O)Cc1ccccc1)N(Cc1ccccc1)C(=O)O. The summed E-state index contributed by atoms with van der Waals surface area (Å²) in [5.41, 5.74) is 1.70. The summed E-state index contributed by atoms with van der Waals surface area (Å²) < 4.78 is 17.2. The summed E-state index contributed by atoms with van der Waals surface area (Å²) in [7, 11) is 0.00733. The van der Waals surface area contributed by atoms with Crippen LogP contribution in [0.3, 0.4) is 0 Å². The summed E-state index contributed by atoms with van der Waals surface area (Å²) in [6.45, 7) is 0.0568. The number of hydrogen-bond donors (Lipinski definition) is 1. The van der Waals surface area contributed by atoms with E-state index in [0.717, 1.165) is 16.0 Å². The molecule has 7 heteroatoms. The molecular formula is C20H23NO5S. The zero-order valence-corrected chi connectivity index (χ0v) is 15.9. The first-order valence-electron chi connectivity index (χ1n) is 8.51. The molecule has 144 valence electrons. The van der Waals surface area contributed by atoms with Crippen molar-refractivity contribution in [1.29, 1.82) is 0 Å². The van der Waals surface area contributed by atoms with Gasteiger partial charge in [0.15, 0.2) is 0 Å². The van der Waals surface area contributed by atoms with Gasteiger partial charge in [-0.1, -0.05) is 60.7 Å². The minimum atomic E-state index is -1.22. The molecule has 0 saturated heterocycles. The van der Waals surface area contributed by atoms with Crippen LogP contribution in [0.15, 0.2) is 60.7 Å². The monoisotopic (exact) mass is 389 g/mol. The Kier molecular flexibility index (Phi) is 8.00. The van der Waals surface area contributed by atoms with E-state index in [4.69, 9.17) is 4.74 Å². The van der Waals surface area contributed by atoms with Gasteiger partial charge in [0.05, 0.1) is 7.11 Å². The standard InChI is InChI=1S/C20H23NO5S/c1-26-19(22)18(12-13-27(25)15-17-10-6-3-7-11-17)21(20(23)24)14-16-8-4-2-5-9-16/h2-11,18H,12-15H2,1H3,(H,23,24)/t18?,27-/m0/s1. The van der Waals surface area contributed by atoms with Crippen LogP contribution >= 0.6 is 0 Å². The molecule has 0 radical (unpaired) electrons. The smallest absolute Gasteiger partial charge is 0.408 e. The molecule has 6 nitrogen and oxygen atoms in total. The highest BCUT2D eigenvalue weighted by atomic mass is 32.2. The number of benzene rings is 2. The van der Waals surface area contributed by atoms with Crippen molar-refractivity contribution in [3.8, 4) is 0 Å². The highest BCUT2D eigenvalue weighted by Gasteiger charge is 2.31. The summed E-state index contributed by atoms with van der Waals surface area (Å²) in [5.74, 6) is -0.0849. The second-order valence-electron chi connectivity index (χ2n) is 6.00. The van der Waals surface area contributed by atoms with Gasteiger partial charge in [0.2, 0.25) is 0 Å². The van der Waals surface area contributed by atoms with E-state index in [-0.39, 0.29) is 18.7 Å². The van der Waals surface area contributed by atoms with Crippen LogP contribution < -0.4 is 0 Å². The fourth-order valence-electron chi connectivity index (χ4n) is 2.70. The number of hydrogen-bond acceptors (Lipinski definition) is 4. The fraction of sp³-hybridized carbons (Fsp3) is 0.300. The summed E-state index contributed by atoms with van der Waals surface area (Å²) >= 11 is 0. The van der Waals surface area contributed by atoms with Crippen molar-refractivity contribution in [2.45, 2.75) is 24.8 Å². The molecule has 0 aliphatic carbocycles. The van der Waals surface area contributed by atoms with Crippen LogP contribution in [0.4, 0.5) is 4.79 Å². The van der Waals surface area contributed by atoms with Crippen LogP contribution in [-0.2, 0) is 32.6 Å². The zero-order chi connectivity index (χ0) is 19.6. The number of carboxylic acid groups (broad SMARTS) is 1. The first-order valence-corrected chi connectivity index (χ1v) is 10.00. The maximum atomic E-state index is 12.4. The van der Waals surface area contributed by atoms with Crippen molar-refractivity contribution in [2.24, 2.45) is 0 Å². The maximum Gasteiger partial charge on any atom is 0.408 e. The largest absolute Gasteiger partial charge is 0.467 e. The first-order chi connectivity index (χ1) is 13.0. The lowest BCUT2D eigenvalue weighted by atomic mass is 10.1. The lowest BCUT2D eigenvalue weighted by Crippen LogP contribution is -2.45. The molecule has 0 spiro atoms. The van der Waals surface area contributed by atoms with Gasteiger partial charge in [-0.3, -0.25) is 9.11 Å². The molecule has 1 amide bonds. The molecule has 0 aliphatic heterocycles. The minimum absolute atomic E-state index is 0.0568. The Labute approximate surface area is 161 Å². The zero-order valence-electron chi connectivity index (χ0n) is 15.1. The molecule has 0 bridgehead atoms. The third-order valence-electron chi connectivity index (χ3n) is 4.08. The summed E-state index contributed by atoms with van der Waals surface area (Å²) in [6, 6.07) is 17.4. The van der Waals surface area contributed by atoms with Gasteiger partial charge in [0.25, 0.3) is 0 Å². The number of amides is 1. The first kappa shape index (κ1) is 20.6. The van der Waals surface area contributed by atoms with Crippen LogP contribution in [0, 0.1) is 0 Å². The lowest BCUT2D eigenvalue weighted by Gasteiger charge is -2.27. The lowest BCUT2D eigenvalue weighted by molar-refractivity contribution is -0.146. The van der Waals surface area contributed by atoms with E-state index in [2.05, 4.69) is 0 Å². The Bertz CT molecular complexity index is 766. The number of ether oxygens (including phenoxy) is 1. The molecule has 0 saturated carbocycles. The predicted molar refractivity (Wildman–Crippen MR) is 104 cm³/mol. The van der Waals surface area contributed by atoms with E-state index in [9.17, 15) is 18.9 Å². The molecule has 0 heterocycles. The van der Waals surface area contributed by atoms with Crippen LogP contribution in [0.25, 0.3) is 0 Å². The van der Waals surface area contributed by atoms with Crippen molar-refractivity contribution in [2.75, 3.05) is 12.9 Å². The van der Waals surface area contributed by atoms with Gasteiger partial charge in [-0.2, -0.15) is 0 Å². The predicted octanol–water partition coefficient (Wildman–Crippen LogP) is 3.05. The molecule has 1 N–H and O–H groups in total. The maximum absolute atomic E-state index is 12.4. The number of rotatable bonds is 9. The summed E-state index contributed by atoms with van der Waals surface area (Å²) in [6.07, 6.45) is -1.09. The molecule has 2 rings (SSSR count). The summed E-state index contributed by atoms with van der Waals surface area (Å²) in [4.78, 5) is 25.0. The fourth-order valence-corrected chi connectivity index (χ4v) is 3.90. The van der Waals surface area contributed by atoms with Crippen LogP contribution in [-0.4, -0.2) is 45.2 Å². The van der Waals surface area contributed by atoms with Crippen molar-refractivity contribution in [3.05, 3.63) is 71.8 Å². The Balaban J connectivity index is 2.06. The highest BCUT2D eigenvalue weighted by Crippen LogP contribution is 2.15. The normalized spacial score (nSPS) is 12.8. The molecule has 1 unspecified atom stereocenters.